The lowest BCUT2D eigenvalue weighted by atomic mass is 10.00. The maximum Gasteiger partial charge on any atom is 0.165 e. The molecule has 0 aliphatic heterocycles. The van der Waals surface area contributed by atoms with Gasteiger partial charge in [0.05, 0.1) is 14.2 Å². The first-order valence-electron chi connectivity index (χ1n) is 7.09. The minimum absolute atomic E-state index is 0.194. The molecule has 22 heavy (non-hydrogen) atoms. The zero-order valence-electron chi connectivity index (χ0n) is 12.8. The second kappa shape index (κ2) is 7.61. The van der Waals surface area contributed by atoms with Crippen molar-refractivity contribution in [2.24, 2.45) is 0 Å². The van der Waals surface area contributed by atoms with Crippen LogP contribution in [0.4, 0.5) is 0 Å². The summed E-state index contributed by atoms with van der Waals surface area (Å²) in [4.78, 5) is 12.1. The zero-order chi connectivity index (χ0) is 15.9. The van der Waals surface area contributed by atoms with Gasteiger partial charge < -0.3 is 14.6 Å². The first-order chi connectivity index (χ1) is 10.6. The van der Waals surface area contributed by atoms with Gasteiger partial charge in [0.1, 0.15) is 17.6 Å². The molecule has 0 bridgehead atoms. The Morgan fingerprint density at radius 1 is 0.909 bits per heavy atom. The van der Waals surface area contributed by atoms with Crippen LogP contribution >= 0.6 is 0 Å². The molecule has 2 aromatic carbocycles. The van der Waals surface area contributed by atoms with Crippen LogP contribution in [0, 0.1) is 0 Å². The van der Waals surface area contributed by atoms with Crippen molar-refractivity contribution in [1.29, 1.82) is 0 Å². The molecule has 0 saturated heterocycles. The summed E-state index contributed by atoms with van der Waals surface area (Å²) < 4.78 is 10.2. The Morgan fingerprint density at radius 3 is 1.82 bits per heavy atom. The number of carbonyl (C=O) groups is 1. The molecule has 0 unspecified atom stereocenters. The van der Waals surface area contributed by atoms with E-state index in [-0.39, 0.29) is 12.2 Å². The second-order valence-electron chi connectivity index (χ2n) is 5.06. The fourth-order valence-electron chi connectivity index (χ4n) is 2.16. The summed E-state index contributed by atoms with van der Waals surface area (Å²) in [5.41, 5.74) is 1.76. The van der Waals surface area contributed by atoms with Gasteiger partial charge in [-0.05, 0) is 35.4 Å². The average molecular weight is 300 g/mol. The molecule has 0 aliphatic carbocycles. The van der Waals surface area contributed by atoms with Crippen LogP contribution in [0.3, 0.4) is 0 Å². The highest BCUT2D eigenvalue weighted by atomic mass is 16.5. The highest BCUT2D eigenvalue weighted by molar-refractivity contribution is 5.85. The number of benzene rings is 2. The second-order valence-corrected chi connectivity index (χ2v) is 5.06. The number of methoxy groups -OCH3 is 2. The number of hydrogen-bond donors (Lipinski definition) is 1. The molecule has 2 aromatic rings. The molecule has 116 valence electrons. The van der Waals surface area contributed by atoms with Gasteiger partial charge in [0, 0.05) is 12.8 Å². The van der Waals surface area contributed by atoms with Crippen LogP contribution in [0.2, 0.25) is 0 Å². The average Bonchev–Trinajstić information content (AvgIpc) is 2.56. The van der Waals surface area contributed by atoms with E-state index in [1.165, 1.54) is 0 Å². The molecule has 0 spiro atoms. The molecule has 0 fully saturated rings. The summed E-state index contributed by atoms with van der Waals surface area (Å²) in [5, 5.41) is 10.1. The van der Waals surface area contributed by atoms with Crippen LogP contribution in [0.1, 0.15) is 11.1 Å². The van der Waals surface area contributed by atoms with Gasteiger partial charge in [-0.3, -0.25) is 4.79 Å². The van der Waals surface area contributed by atoms with Crippen molar-refractivity contribution in [2.45, 2.75) is 18.9 Å². The Balaban J connectivity index is 1.92. The van der Waals surface area contributed by atoms with Gasteiger partial charge in [-0.2, -0.15) is 0 Å². The largest absolute Gasteiger partial charge is 0.497 e. The predicted molar refractivity (Wildman–Crippen MR) is 84.4 cm³/mol. The Bertz CT molecular complexity index is 602. The van der Waals surface area contributed by atoms with Gasteiger partial charge in [-0.15, -0.1) is 0 Å². The Labute approximate surface area is 130 Å². The van der Waals surface area contributed by atoms with Crippen LogP contribution < -0.4 is 9.47 Å². The van der Waals surface area contributed by atoms with E-state index in [0.717, 1.165) is 22.6 Å². The summed E-state index contributed by atoms with van der Waals surface area (Å²) in [5.74, 6) is 1.30. The van der Waals surface area contributed by atoms with Crippen LogP contribution in [0.5, 0.6) is 11.5 Å². The van der Waals surface area contributed by atoms with E-state index in [2.05, 4.69) is 0 Å². The summed E-state index contributed by atoms with van der Waals surface area (Å²) >= 11 is 0. The number of aliphatic hydroxyl groups is 1. The molecule has 1 atom stereocenters. The van der Waals surface area contributed by atoms with Crippen LogP contribution in [0.15, 0.2) is 48.5 Å². The molecule has 4 heteroatoms. The van der Waals surface area contributed by atoms with Gasteiger partial charge in [0.15, 0.2) is 5.78 Å². The van der Waals surface area contributed by atoms with Crippen molar-refractivity contribution in [3.8, 4) is 11.5 Å². The molecule has 4 nitrogen and oxygen atoms in total. The molecule has 0 aliphatic rings. The van der Waals surface area contributed by atoms with Crippen molar-refractivity contribution in [3.05, 3.63) is 59.7 Å². The quantitative estimate of drug-likeness (QED) is 0.853. The topological polar surface area (TPSA) is 55.8 Å². The third kappa shape index (κ3) is 4.33. The number of rotatable bonds is 7. The summed E-state index contributed by atoms with van der Waals surface area (Å²) in [6, 6.07) is 14.6. The maximum atomic E-state index is 12.1. The minimum Gasteiger partial charge on any atom is -0.497 e. The lowest BCUT2D eigenvalue weighted by molar-refractivity contribution is -0.126. The number of ketones is 1. The highest BCUT2D eigenvalue weighted by Gasteiger charge is 2.16. The lowest BCUT2D eigenvalue weighted by Crippen LogP contribution is -2.24. The van der Waals surface area contributed by atoms with Gasteiger partial charge in [-0.25, -0.2) is 0 Å². The van der Waals surface area contributed by atoms with Gasteiger partial charge in [0.25, 0.3) is 0 Å². The zero-order valence-corrected chi connectivity index (χ0v) is 12.8. The number of aliphatic hydroxyl groups excluding tert-OH is 1. The molecule has 1 N–H and O–H groups in total. The van der Waals surface area contributed by atoms with E-state index in [9.17, 15) is 9.90 Å². The number of Topliss-reactive ketones (excluding diaryl/α,β-unsaturated/α-hetero) is 1. The lowest BCUT2D eigenvalue weighted by Gasteiger charge is -2.10. The van der Waals surface area contributed by atoms with Crippen molar-refractivity contribution in [3.63, 3.8) is 0 Å². The predicted octanol–water partition coefficient (Wildman–Crippen LogP) is 2.42. The Kier molecular flexibility index (Phi) is 5.55. The highest BCUT2D eigenvalue weighted by Crippen LogP contribution is 2.15. The molecule has 0 radical (unpaired) electrons. The van der Waals surface area contributed by atoms with E-state index in [1.54, 1.807) is 26.4 Å². The van der Waals surface area contributed by atoms with Crippen LogP contribution in [-0.4, -0.2) is 31.2 Å². The molecule has 0 aromatic heterocycles. The molecule has 0 heterocycles. The van der Waals surface area contributed by atoms with E-state index >= 15 is 0 Å². The smallest absolute Gasteiger partial charge is 0.165 e. The number of carbonyl (C=O) groups excluding carboxylic acids is 1. The molecule has 0 amide bonds. The first-order valence-corrected chi connectivity index (χ1v) is 7.09. The minimum atomic E-state index is -1.00. The molecular weight excluding hydrogens is 280 g/mol. The van der Waals surface area contributed by atoms with Crippen molar-refractivity contribution >= 4 is 5.78 Å². The van der Waals surface area contributed by atoms with Crippen molar-refractivity contribution in [2.75, 3.05) is 14.2 Å². The SMILES string of the molecule is COc1ccc(CC(=O)[C@@H](O)Cc2ccc(OC)cc2)cc1. The third-order valence-corrected chi connectivity index (χ3v) is 3.50. The third-order valence-electron chi connectivity index (χ3n) is 3.50. The summed E-state index contributed by atoms with van der Waals surface area (Å²) in [6.07, 6.45) is -0.490. The van der Waals surface area contributed by atoms with E-state index in [1.807, 2.05) is 36.4 Å². The number of ether oxygens (including phenoxy) is 2. The number of hydrogen-bond acceptors (Lipinski definition) is 4. The monoisotopic (exact) mass is 300 g/mol. The summed E-state index contributed by atoms with van der Waals surface area (Å²) in [7, 11) is 3.20. The maximum absolute atomic E-state index is 12.1. The summed E-state index contributed by atoms with van der Waals surface area (Å²) in [6.45, 7) is 0. The first kappa shape index (κ1) is 16.0. The molecule has 0 saturated carbocycles. The van der Waals surface area contributed by atoms with Crippen LogP contribution in [-0.2, 0) is 17.6 Å². The van der Waals surface area contributed by atoms with Crippen LogP contribution in [0.25, 0.3) is 0 Å². The van der Waals surface area contributed by atoms with Crippen molar-refractivity contribution < 1.29 is 19.4 Å². The Hall–Kier alpha value is -2.33. The fourth-order valence-corrected chi connectivity index (χ4v) is 2.16. The molecule has 2 rings (SSSR count). The van der Waals surface area contributed by atoms with E-state index < -0.39 is 6.10 Å². The molecular formula is C18H20O4. The van der Waals surface area contributed by atoms with Gasteiger partial charge in [0.2, 0.25) is 0 Å². The fraction of sp³-hybridized carbons (Fsp3) is 0.278. The van der Waals surface area contributed by atoms with Gasteiger partial charge in [-0.1, -0.05) is 24.3 Å². The van der Waals surface area contributed by atoms with E-state index in [4.69, 9.17) is 9.47 Å². The van der Waals surface area contributed by atoms with Gasteiger partial charge >= 0.3 is 0 Å². The van der Waals surface area contributed by atoms with Crippen molar-refractivity contribution in [1.82, 2.24) is 0 Å². The standard InChI is InChI=1S/C18H20O4/c1-21-15-7-3-13(4-8-15)11-17(19)18(20)12-14-5-9-16(22-2)10-6-14/h3-10,17,19H,11-12H2,1-2H3/t17-/m0/s1. The van der Waals surface area contributed by atoms with E-state index in [0.29, 0.717) is 6.42 Å². The normalized spacial score (nSPS) is 11.8. The Morgan fingerprint density at radius 2 is 1.36 bits per heavy atom.